The number of carbonyl (C=O) groups is 1. The zero-order chi connectivity index (χ0) is 28.0. The molecule has 0 spiro atoms. The zero-order valence-electron chi connectivity index (χ0n) is 21.9. The van der Waals surface area contributed by atoms with Gasteiger partial charge in [0.2, 0.25) is 5.82 Å². The Hall–Kier alpha value is -4.95. The quantitative estimate of drug-likeness (QED) is 0.136. The smallest absolute Gasteiger partial charge is 0.308 e. The standard InChI is InChI=1S/C31H23ClN4O4/c1-18-14-22(19(2)35(18)24-9-11-25(12-10-24)39-20(3)37)17-33-36-30(34-27-7-5-4-6-26(27)31(36)38)29-16-21-15-23(32)8-13-28(21)40-29/h4-17H,1-3H3. The first-order valence-corrected chi connectivity index (χ1v) is 12.9. The van der Waals surface area contributed by atoms with Gasteiger partial charge in [-0.3, -0.25) is 9.59 Å². The number of ether oxygens (including phenoxy) is 1. The fraction of sp³-hybridized carbons (Fsp3) is 0.0968. The van der Waals surface area contributed by atoms with Crippen molar-refractivity contribution in [3.05, 3.63) is 111 Å². The van der Waals surface area contributed by atoms with E-state index in [1.807, 2.05) is 38.1 Å². The average Bonchev–Trinajstić information content (AvgIpc) is 3.47. The van der Waals surface area contributed by atoms with Crippen molar-refractivity contribution in [2.75, 3.05) is 0 Å². The first kappa shape index (κ1) is 25.3. The molecule has 0 fully saturated rings. The molecule has 0 radical (unpaired) electrons. The number of hydrogen-bond donors (Lipinski definition) is 0. The van der Waals surface area contributed by atoms with Gasteiger partial charge in [-0.15, -0.1) is 0 Å². The minimum Gasteiger partial charge on any atom is -0.453 e. The van der Waals surface area contributed by atoms with Crippen molar-refractivity contribution < 1.29 is 13.9 Å². The maximum absolute atomic E-state index is 13.6. The minimum atomic E-state index is -0.371. The van der Waals surface area contributed by atoms with Gasteiger partial charge < -0.3 is 13.7 Å². The van der Waals surface area contributed by atoms with E-state index < -0.39 is 0 Å². The first-order valence-electron chi connectivity index (χ1n) is 12.5. The molecule has 0 saturated carbocycles. The molecule has 0 bridgehead atoms. The SMILES string of the molecule is CC(=O)Oc1ccc(-n2c(C)cc(C=Nn3c(-c4cc5cc(Cl)ccc5o4)nc4ccccc4c3=O)c2C)cc1. The molecule has 40 heavy (non-hydrogen) atoms. The number of aryl methyl sites for hydroxylation is 1. The molecule has 0 aliphatic heterocycles. The van der Waals surface area contributed by atoms with Crippen molar-refractivity contribution in [3.8, 4) is 23.0 Å². The van der Waals surface area contributed by atoms with E-state index in [0.29, 0.717) is 33.0 Å². The van der Waals surface area contributed by atoms with Crippen LogP contribution in [0.1, 0.15) is 23.9 Å². The van der Waals surface area contributed by atoms with E-state index in [4.69, 9.17) is 25.7 Å². The summed E-state index contributed by atoms with van der Waals surface area (Å²) in [6.07, 6.45) is 1.65. The Morgan fingerprint density at radius 3 is 2.58 bits per heavy atom. The number of nitrogens with zero attached hydrogens (tertiary/aromatic N) is 4. The molecule has 3 aromatic carbocycles. The Balaban J connectivity index is 1.45. The molecule has 0 amide bonds. The Bertz CT molecular complexity index is 2020. The van der Waals surface area contributed by atoms with Gasteiger partial charge in [-0.1, -0.05) is 23.7 Å². The Labute approximate surface area is 233 Å². The van der Waals surface area contributed by atoms with E-state index in [1.54, 1.807) is 60.8 Å². The summed E-state index contributed by atoms with van der Waals surface area (Å²) < 4.78 is 14.5. The second kappa shape index (κ2) is 9.98. The van der Waals surface area contributed by atoms with Gasteiger partial charge in [-0.25, -0.2) is 4.98 Å². The van der Waals surface area contributed by atoms with Gasteiger partial charge in [0.25, 0.3) is 5.56 Å². The molecule has 0 aliphatic rings. The topological polar surface area (TPSA) is 91.6 Å². The van der Waals surface area contributed by atoms with Gasteiger partial charge in [0, 0.05) is 40.0 Å². The number of fused-ring (bicyclic) bond motifs is 2. The van der Waals surface area contributed by atoms with Crippen molar-refractivity contribution in [1.29, 1.82) is 0 Å². The molecule has 3 heterocycles. The highest BCUT2D eigenvalue weighted by Gasteiger charge is 2.17. The van der Waals surface area contributed by atoms with Crippen molar-refractivity contribution in [2.24, 2.45) is 5.10 Å². The van der Waals surface area contributed by atoms with Crippen molar-refractivity contribution in [1.82, 2.24) is 14.2 Å². The largest absolute Gasteiger partial charge is 0.453 e. The number of aromatic nitrogens is 3. The Morgan fingerprint density at radius 1 is 1.02 bits per heavy atom. The van der Waals surface area contributed by atoms with Crippen LogP contribution in [0.2, 0.25) is 5.02 Å². The number of hydrogen-bond acceptors (Lipinski definition) is 6. The average molecular weight is 551 g/mol. The van der Waals surface area contributed by atoms with Gasteiger partial charge in [-0.05, 0) is 80.6 Å². The maximum atomic E-state index is 13.6. The van der Waals surface area contributed by atoms with E-state index in [-0.39, 0.29) is 17.4 Å². The van der Waals surface area contributed by atoms with Crippen LogP contribution in [0.3, 0.4) is 0 Å². The maximum Gasteiger partial charge on any atom is 0.308 e. The first-order chi connectivity index (χ1) is 19.3. The third kappa shape index (κ3) is 4.58. The molecular weight excluding hydrogens is 528 g/mol. The number of carbonyl (C=O) groups excluding carboxylic acids is 1. The molecule has 9 heteroatoms. The van der Waals surface area contributed by atoms with Gasteiger partial charge in [0.05, 0.1) is 17.1 Å². The third-order valence-corrected chi connectivity index (χ3v) is 6.83. The number of furan rings is 1. The lowest BCUT2D eigenvalue weighted by molar-refractivity contribution is -0.131. The highest BCUT2D eigenvalue weighted by molar-refractivity contribution is 6.31. The lowest BCUT2D eigenvalue weighted by Crippen LogP contribution is -2.20. The van der Waals surface area contributed by atoms with Crippen LogP contribution in [0, 0.1) is 13.8 Å². The number of para-hydroxylation sites is 1. The van der Waals surface area contributed by atoms with Crippen LogP contribution >= 0.6 is 11.6 Å². The summed E-state index contributed by atoms with van der Waals surface area (Å²) in [6, 6.07) is 23.5. The molecule has 3 aromatic heterocycles. The molecule has 0 N–H and O–H groups in total. The van der Waals surface area contributed by atoms with Crippen molar-refractivity contribution >= 4 is 45.7 Å². The molecule has 0 atom stereocenters. The fourth-order valence-corrected chi connectivity index (χ4v) is 4.96. The number of rotatable bonds is 5. The molecular formula is C31H23ClN4O4. The van der Waals surface area contributed by atoms with E-state index in [0.717, 1.165) is 28.0 Å². The van der Waals surface area contributed by atoms with Crippen molar-refractivity contribution in [2.45, 2.75) is 20.8 Å². The van der Waals surface area contributed by atoms with Crippen LogP contribution < -0.4 is 10.3 Å². The van der Waals surface area contributed by atoms with E-state index in [2.05, 4.69) is 9.67 Å². The van der Waals surface area contributed by atoms with Crippen LogP contribution in [-0.4, -0.2) is 26.4 Å². The normalized spacial score (nSPS) is 11.6. The van der Waals surface area contributed by atoms with Gasteiger partial charge in [-0.2, -0.15) is 9.78 Å². The van der Waals surface area contributed by atoms with Crippen LogP contribution in [-0.2, 0) is 4.79 Å². The summed E-state index contributed by atoms with van der Waals surface area (Å²) in [7, 11) is 0. The highest BCUT2D eigenvalue weighted by atomic mass is 35.5. The zero-order valence-corrected chi connectivity index (χ0v) is 22.6. The summed E-state index contributed by atoms with van der Waals surface area (Å²) in [5, 5.41) is 6.43. The van der Waals surface area contributed by atoms with Crippen LogP contribution in [0.4, 0.5) is 0 Å². The summed E-state index contributed by atoms with van der Waals surface area (Å²) >= 11 is 6.17. The predicted molar refractivity (Wildman–Crippen MR) is 156 cm³/mol. The molecule has 198 valence electrons. The summed E-state index contributed by atoms with van der Waals surface area (Å²) in [6.45, 7) is 5.32. The van der Waals surface area contributed by atoms with Crippen LogP contribution in [0.25, 0.3) is 39.1 Å². The van der Waals surface area contributed by atoms with Crippen LogP contribution in [0.15, 0.2) is 93.2 Å². The second-order valence-electron chi connectivity index (χ2n) is 9.36. The summed E-state index contributed by atoms with van der Waals surface area (Å²) in [5.41, 5.74) is 4.47. The molecule has 0 saturated heterocycles. The highest BCUT2D eigenvalue weighted by Crippen LogP contribution is 2.29. The lowest BCUT2D eigenvalue weighted by atomic mass is 10.2. The molecule has 6 aromatic rings. The predicted octanol–water partition coefficient (Wildman–Crippen LogP) is 6.68. The molecule has 0 aliphatic carbocycles. The molecule has 6 rings (SSSR count). The van der Waals surface area contributed by atoms with Crippen molar-refractivity contribution in [3.63, 3.8) is 0 Å². The van der Waals surface area contributed by atoms with Crippen LogP contribution in [0.5, 0.6) is 5.75 Å². The Kier molecular flexibility index (Phi) is 6.32. The number of esters is 1. The minimum absolute atomic E-state index is 0.280. The van der Waals surface area contributed by atoms with E-state index in [9.17, 15) is 9.59 Å². The second-order valence-corrected chi connectivity index (χ2v) is 9.79. The summed E-state index contributed by atoms with van der Waals surface area (Å²) in [4.78, 5) is 29.6. The fourth-order valence-electron chi connectivity index (χ4n) is 4.78. The third-order valence-electron chi connectivity index (χ3n) is 6.59. The molecule has 8 nitrogen and oxygen atoms in total. The number of halogens is 1. The summed E-state index contributed by atoms with van der Waals surface area (Å²) in [5.74, 6) is 0.783. The van der Waals surface area contributed by atoms with Gasteiger partial charge in [0.1, 0.15) is 11.3 Å². The van der Waals surface area contributed by atoms with Gasteiger partial charge in [0.15, 0.2) is 5.76 Å². The monoisotopic (exact) mass is 550 g/mol. The molecule has 0 unspecified atom stereocenters. The lowest BCUT2D eigenvalue weighted by Gasteiger charge is -2.10. The van der Waals surface area contributed by atoms with E-state index >= 15 is 0 Å². The Morgan fingerprint density at radius 2 is 1.80 bits per heavy atom. The number of benzene rings is 3. The van der Waals surface area contributed by atoms with Gasteiger partial charge >= 0.3 is 5.97 Å². The van der Waals surface area contributed by atoms with E-state index in [1.165, 1.54) is 11.6 Å².